The van der Waals surface area contributed by atoms with E-state index in [0.717, 1.165) is 27.9 Å². The molecule has 0 aromatic heterocycles. The molecule has 0 bridgehead atoms. The average Bonchev–Trinajstić information content (AvgIpc) is 3.19. The maximum absolute atomic E-state index is 12.5. The number of carbonyl (C=O) groups is 2. The summed E-state index contributed by atoms with van der Waals surface area (Å²) in [4.78, 5) is 29.9. The van der Waals surface area contributed by atoms with Crippen LogP contribution in [0.15, 0.2) is 70.6 Å². The summed E-state index contributed by atoms with van der Waals surface area (Å²) in [6.07, 6.45) is 1.76. The zero-order valence-electron chi connectivity index (χ0n) is 20.5. The lowest BCUT2D eigenvalue weighted by Gasteiger charge is -2.12. The first-order valence-electron chi connectivity index (χ1n) is 11.3. The van der Waals surface area contributed by atoms with E-state index in [-0.39, 0.29) is 18.4 Å². The lowest BCUT2D eigenvalue weighted by atomic mass is 10.1. The van der Waals surface area contributed by atoms with Gasteiger partial charge in [0.25, 0.3) is 11.8 Å². The van der Waals surface area contributed by atoms with Crippen molar-refractivity contribution < 1.29 is 19.1 Å². The van der Waals surface area contributed by atoms with Gasteiger partial charge < -0.3 is 20.1 Å². The molecule has 2 N–H and O–H groups in total. The molecule has 1 aliphatic rings. The first-order chi connectivity index (χ1) is 17.3. The number of amides is 2. The predicted molar refractivity (Wildman–Crippen MR) is 145 cm³/mol. The van der Waals surface area contributed by atoms with Crippen LogP contribution >= 0.6 is 11.8 Å². The Bertz CT molecular complexity index is 1360. The minimum atomic E-state index is -0.276. The van der Waals surface area contributed by atoms with Gasteiger partial charge in [-0.1, -0.05) is 41.5 Å². The zero-order valence-corrected chi connectivity index (χ0v) is 21.4. The van der Waals surface area contributed by atoms with Crippen LogP contribution in [0.5, 0.6) is 11.5 Å². The monoisotopic (exact) mass is 501 g/mol. The quantitative estimate of drug-likeness (QED) is 0.416. The van der Waals surface area contributed by atoms with Crippen LogP contribution in [0.1, 0.15) is 22.3 Å². The van der Waals surface area contributed by atoms with E-state index in [9.17, 15) is 9.59 Å². The third-order valence-electron chi connectivity index (χ3n) is 5.40. The summed E-state index contributed by atoms with van der Waals surface area (Å²) in [5, 5.41) is 6.14. The molecule has 1 heterocycles. The minimum Gasteiger partial charge on any atom is -0.493 e. The number of anilines is 1. The van der Waals surface area contributed by atoms with Gasteiger partial charge in [0.2, 0.25) is 0 Å². The highest BCUT2D eigenvalue weighted by atomic mass is 32.2. The Balaban J connectivity index is 1.42. The molecule has 7 nitrogen and oxygen atoms in total. The molecule has 0 spiro atoms. The Morgan fingerprint density at radius 1 is 1.00 bits per heavy atom. The summed E-state index contributed by atoms with van der Waals surface area (Å²) in [5.74, 6) is 0.400. The van der Waals surface area contributed by atoms with Crippen LogP contribution in [0.25, 0.3) is 6.08 Å². The summed E-state index contributed by atoms with van der Waals surface area (Å²) >= 11 is 1.28. The number of methoxy groups -OCH3 is 1. The molecule has 1 saturated heterocycles. The van der Waals surface area contributed by atoms with Crippen molar-refractivity contribution in [2.45, 2.75) is 20.8 Å². The Hall–Kier alpha value is -4.04. The molecule has 4 rings (SSSR count). The van der Waals surface area contributed by atoms with E-state index in [1.807, 2.05) is 57.2 Å². The van der Waals surface area contributed by atoms with Gasteiger partial charge in [0.15, 0.2) is 23.3 Å². The van der Waals surface area contributed by atoms with Crippen LogP contribution in [-0.4, -0.2) is 30.7 Å². The van der Waals surface area contributed by atoms with Gasteiger partial charge in [-0.15, -0.1) is 0 Å². The van der Waals surface area contributed by atoms with E-state index < -0.39 is 0 Å². The van der Waals surface area contributed by atoms with Gasteiger partial charge in [0.1, 0.15) is 0 Å². The SMILES string of the molecule is COc1cc(/C=C2\SC(=Nc3ccc(C)cc3C)NC2=O)ccc1OCC(=O)Nc1ccc(C)cc1. The summed E-state index contributed by atoms with van der Waals surface area (Å²) in [6, 6.07) is 18.8. The molecule has 0 aliphatic carbocycles. The highest BCUT2D eigenvalue weighted by Gasteiger charge is 2.24. The van der Waals surface area contributed by atoms with E-state index in [1.165, 1.54) is 18.9 Å². The van der Waals surface area contributed by atoms with Gasteiger partial charge >= 0.3 is 0 Å². The number of ether oxygens (including phenoxy) is 2. The van der Waals surface area contributed by atoms with E-state index in [1.54, 1.807) is 24.3 Å². The number of nitrogens with one attached hydrogen (secondary N) is 2. The molecule has 0 atom stereocenters. The average molecular weight is 502 g/mol. The van der Waals surface area contributed by atoms with Crippen LogP contribution in [0.2, 0.25) is 0 Å². The van der Waals surface area contributed by atoms with Crippen LogP contribution < -0.4 is 20.1 Å². The Morgan fingerprint density at radius 2 is 1.75 bits per heavy atom. The number of hydrogen-bond acceptors (Lipinski definition) is 6. The van der Waals surface area contributed by atoms with Gasteiger partial charge in [0, 0.05) is 5.69 Å². The van der Waals surface area contributed by atoms with E-state index in [2.05, 4.69) is 21.7 Å². The van der Waals surface area contributed by atoms with Crippen molar-refractivity contribution >= 4 is 46.2 Å². The summed E-state index contributed by atoms with van der Waals surface area (Å²) in [5.41, 5.74) is 5.60. The molecule has 36 heavy (non-hydrogen) atoms. The molecule has 3 aromatic carbocycles. The molecule has 1 aliphatic heterocycles. The van der Waals surface area contributed by atoms with Crippen LogP contribution in [0.4, 0.5) is 11.4 Å². The molecule has 0 unspecified atom stereocenters. The molecule has 2 amide bonds. The van der Waals surface area contributed by atoms with Crippen LogP contribution in [-0.2, 0) is 9.59 Å². The number of nitrogens with zero attached hydrogens (tertiary/aromatic N) is 1. The second-order valence-electron chi connectivity index (χ2n) is 8.38. The van der Waals surface area contributed by atoms with Gasteiger partial charge in [-0.3, -0.25) is 9.59 Å². The Morgan fingerprint density at radius 3 is 2.47 bits per heavy atom. The highest BCUT2D eigenvalue weighted by Crippen LogP contribution is 2.32. The maximum atomic E-state index is 12.5. The van der Waals surface area contributed by atoms with Crippen molar-refractivity contribution in [2.75, 3.05) is 19.0 Å². The second-order valence-corrected chi connectivity index (χ2v) is 9.42. The Kier molecular flexibility index (Phi) is 7.75. The molecule has 184 valence electrons. The number of aliphatic imine (C=N–C) groups is 1. The third-order valence-corrected chi connectivity index (χ3v) is 6.31. The molecule has 0 saturated carbocycles. The van der Waals surface area contributed by atoms with Crippen molar-refractivity contribution in [1.82, 2.24) is 5.32 Å². The summed E-state index contributed by atoms with van der Waals surface area (Å²) in [7, 11) is 1.52. The highest BCUT2D eigenvalue weighted by molar-refractivity contribution is 8.18. The maximum Gasteiger partial charge on any atom is 0.264 e. The first kappa shape index (κ1) is 25.1. The number of rotatable bonds is 7. The fourth-order valence-corrected chi connectivity index (χ4v) is 4.38. The van der Waals surface area contributed by atoms with Crippen LogP contribution in [0, 0.1) is 20.8 Å². The zero-order chi connectivity index (χ0) is 25.7. The lowest BCUT2D eigenvalue weighted by Crippen LogP contribution is -2.20. The topological polar surface area (TPSA) is 89.0 Å². The standard InChI is InChI=1S/C28H27N3O4S/c1-17-5-9-21(10-6-17)29-26(32)16-35-23-12-8-20(14-24(23)34-4)15-25-27(33)31-28(36-25)30-22-11-7-18(2)13-19(22)3/h5-15H,16H2,1-4H3,(H,29,32)(H,30,31,33)/b25-15-. The van der Waals surface area contributed by atoms with Gasteiger partial charge in [-0.2, -0.15) is 0 Å². The molecular formula is C28H27N3O4S. The fourth-order valence-electron chi connectivity index (χ4n) is 3.54. The lowest BCUT2D eigenvalue weighted by molar-refractivity contribution is -0.118. The molecule has 0 radical (unpaired) electrons. The molecule has 8 heteroatoms. The van der Waals surface area contributed by atoms with Crippen LogP contribution in [0.3, 0.4) is 0 Å². The molecular weight excluding hydrogens is 474 g/mol. The number of hydrogen-bond donors (Lipinski definition) is 2. The number of carbonyl (C=O) groups excluding carboxylic acids is 2. The normalized spacial score (nSPS) is 15.2. The fraction of sp³-hybridized carbons (Fsp3) is 0.179. The summed E-state index contributed by atoms with van der Waals surface area (Å²) in [6.45, 7) is 5.84. The van der Waals surface area contributed by atoms with Gasteiger partial charge in [-0.05, 0) is 80.1 Å². The predicted octanol–water partition coefficient (Wildman–Crippen LogP) is 5.53. The molecule has 3 aromatic rings. The second kappa shape index (κ2) is 11.1. The van der Waals surface area contributed by atoms with Gasteiger partial charge in [0.05, 0.1) is 17.7 Å². The van der Waals surface area contributed by atoms with E-state index in [4.69, 9.17) is 9.47 Å². The number of aryl methyl sites for hydroxylation is 3. The minimum absolute atomic E-state index is 0.165. The number of thioether (sulfide) groups is 1. The van der Waals surface area contributed by atoms with Crippen molar-refractivity contribution in [3.63, 3.8) is 0 Å². The number of amidine groups is 1. The van der Waals surface area contributed by atoms with Gasteiger partial charge in [-0.25, -0.2) is 4.99 Å². The van der Waals surface area contributed by atoms with Crippen molar-refractivity contribution in [2.24, 2.45) is 4.99 Å². The van der Waals surface area contributed by atoms with Crippen molar-refractivity contribution in [3.05, 3.63) is 87.8 Å². The smallest absolute Gasteiger partial charge is 0.264 e. The first-order valence-corrected chi connectivity index (χ1v) is 12.2. The number of benzene rings is 3. The summed E-state index contributed by atoms with van der Waals surface area (Å²) < 4.78 is 11.1. The van der Waals surface area contributed by atoms with Crippen molar-refractivity contribution in [1.29, 1.82) is 0 Å². The third kappa shape index (κ3) is 6.34. The van der Waals surface area contributed by atoms with Crippen molar-refractivity contribution in [3.8, 4) is 11.5 Å². The van der Waals surface area contributed by atoms with E-state index >= 15 is 0 Å². The van der Waals surface area contributed by atoms with E-state index in [0.29, 0.717) is 27.3 Å². The largest absolute Gasteiger partial charge is 0.493 e. The molecule has 1 fully saturated rings. The Labute approximate surface area is 214 Å².